The normalized spacial score (nSPS) is 9.62. The topological polar surface area (TPSA) is 104 Å². The van der Waals surface area contributed by atoms with Crippen molar-refractivity contribution in [2.45, 2.75) is 13.8 Å². The quantitative estimate of drug-likeness (QED) is 0.339. The Hall–Kier alpha value is -2.24. The summed E-state index contributed by atoms with van der Waals surface area (Å²) in [5, 5.41) is 14.5. The average molecular weight is 223 g/mol. The lowest BCUT2D eigenvalue weighted by molar-refractivity contribution is -0.115. The molecular weight excluding hydrogens is 210 g/mol. The molecule has 0 aliphatic carbocycles. The van der Waals surface area contributed by atoms with Gasteiger partial charge in [-0.1, -0.05) is 0 Å². The minimum absolute atomic E-state index is 0.0787. The van der Waals surface area contributed by atoms with Crippen LogP contribution in [0, 0.1) is 0 Å². The lowest BCUT2D eigenvalue weighted by Gasteiger charge is -2.10. The SMILES string of the molecule is CC(=O)Nc1cc(N)c(O)c(NC(C)=O)c1. The second-order valence-corrected chi connectivity index (χ2v) is 3.32. The van der Waals surface area contributed by atoms with Crippen LogP contribution >= 0.6 is 0 Å². The molecule has 1 aromatic rings. The minimum atomic E-state index is -0.338. The van der Waals surface area contributed by atoms with Crippen molar-refractivity contribution in [3.8, 4) is 5.75 Å². The summed E-state index contributed by atoms with van der Waals surface area (Å²) in [6.45, 7) is 2.65. The Morgan fingerprint density at radius 1 is 1.19 bits per heavy atom. The Morgan fingerprint density at radius 2 is 1.75 bits per heavy atom. The maximum absolute atomic E-state index is 10.9. The summed E-state index contributed by atoms with van der Waals surface area (Å²) in [5.74, 6) is -0.821. The maximum atomic E-state index is 10.9. The summed E-state index contributed by atoms with van der Waals surface area (Å²) in [5.41, 5.74) is 6.17. The fourth-order valence-electron chi connectivity index (χ4n) is 1.22. The first-order valence-corrected chi connectivity index (χ1v) is 4.58. The molecule has 0 heterocycles. The van der Waals surface area contributed by atoms with Gasteiger partial charge in [0.25, 0.3) is 0 Å². The van der Waals surface area contributed by atoms with E-state index in [1.54, 1.807) is 0 Å². The van der Waals surface area contributed by atoms with Crippen molar-refractivity contribution in [1.82, 2.24) is 0 Å². The summed E-state index contributed by atoms with van der Waals surface area (Å²) in [6, 6.07) is 2.83. The first-order valence-electron chi connectivity index (χ1n) is 4.58. The summed E-state index contributed by atoms with van der Waals surface area (Å²) >= 11 is 0. The molecule has 0 bridgehead atoms. The van der Waals surface area contributed by atoms with E-state index in [9.17, 15) is 14.7 Å². The van der Waals surface area contributed by atoms with Crippen LogP contribution in [-0.4, -0.2) is 16.9 Å². The third-order valence-corrected chi connectivity index (χ3v) is 1.77. The molecule has 5 N–H and O–H groups in total. The number of phenols is 1. The molecule has 0 saturated heterocycles. The van der Waals surface area contributed by atoms with Crippen molar-refractivity contribution >= 4 is 28.9 Å². The van der Waals surface area contributed by atoms with E-state index in [0.29, 0.717) is 5.69 Å². The fraction of sp³-hybridized carbons (Fsp3) is 0.200. The molecule has 0 radical (unpaired) electrons. The van der Waals surface area contributed by atoms with Crippen LogP contribution in [0.4, 0.5) is 17.1 Å². The summed E-state index contributed by atoms with van der Waals surface area (Å²) in [7, 11) is 0. The molecule has 86 valence electrons. The Labute approximate surface area is 92.4 Å². The van der Waals surface area contributed by atoms with E-state index in [2.05, 4.69) is 10.6 Å². The van der Waals surface area contributed by atoms with E-state index in [-0.39, 0.29) is 28.9 Å². The maximum Gasteiger partial charge on any atom is 0.221 e. The van der Waals surface area contributed by atoms with Gasteiger partial charge in [-0.05, 0) is 12.1 Å². The number of carbonyl (C=O) groups is 2. The molecule has 2 amide bonds. The van der Waals surface area contributed by atoms with Gasteiger partial charge in [0.1, 0.15) is 0 Å². The number of carbonyl (C=O) groups excluding carboxylic acids is 2. The second-order valence-electron chi connectivity index (χ2n) is 3.32. The molecule has 0 atom stereocenters. The van der Waals surface area contributed by atoms with Crippen molar-refractivity contribution < 1.29 is 14.7 Å². The number of hydrogen-bond acceptors (Lipinski definition) is 4. The number of aromatic hydroxyl groups is 1. The molecule has 6 nitrogen and oxygen atoms in total. The van der Waals surface area contributed by atoms with E-state index in [1.807, 2.05) is 0 Å². The molecule has 0 aliphatic rings. The van der Waals surface area contributed by atoms with E-state index in [0.717, 1.165) is 0 Å². The first kappa shape index (κ1) is 11.8. The number of nitrogen functional groups attached to an aromatic ring is 1. The highest BCUT2D eigenvalue weighted by Crippen LogP contribution is 2.33. The van der Waals surface area contributed by atoms with Crippen LogP contribution in [0.15, 0.2) is 12.1 Å². The van der Waals surface area contributed by atoms with Crippen molar-refractivity contribution in [2.75, 3.05) is 16.4 Å². The molecule has 0 aromatic heterocycles. The van der Waals surface area contributed by atoms with Gasteiger partial charge >= 0.3 is 0 Å². The Morgan fingerprint density at radius 3 is 2.25 bits per heavy atom. The number of nitrogens with one attached hydrogen (secondary N) is 2. The molecule has 1 aromatic carbocycles. The third-order valence-electron chi connectivity index (χ3n) is 1.77. The summed E-state index contributed by atoms with van der Waals surface area (Å²) in [6.07, 6.45) is 0. The number of amides is 2. The monoisotopic (exact) mass is 223 g/mol. The largest absolute Gasteiger partial charge is 0.504 e. The highest BCUT2D eigenvalue weighted by atomic mass is 16.3. The number of anilines is 3. The molecule has 16 heavy (non-hydrogen) atoms. The zero-order valence-corrected chi connectivity index (χ0v) is 9.00. The smallest absolute Gasteiger partial charge is 0.221 e. The van der Waals surface area contributed by atoms with Crippen LogP contribution in [0.1, 0.15) is 13.8 Å². The lowest BCUT2D eigenvalue weighted by Crippen LogP contribution is -2.09. The van der Waals surface area contributed by atoms with Crippen LogP contribution in [0.3, 0.4) is 0 Å². The second kappa shape index (κ2) is 4.52. The fourth-order valence-corrected chi connectivity index (χ4v) is 1.22. The van der Waals surface area contributed by atoms with Gasteiger partial charge in [-0.3, -0.25) is 9.59 Å². The van der Waals surface area contributed by atoms with Crippen LogP contribution in [0.5, 0.6) is 5.75 Å². The van der Waals surface area contributed by atoms with Gasteiger partial charge in [0.15, 0.2) is 5.75 Å². The van der Waals surface area contributed by atoms with Gasteiger partial charge in [0.05, 0.1) is 11.4 Å². The molecule has 6 heteroatoms. The van der Waals surface area contributed by atoms with Crippen LogP contribution < -0.4 is 16.4 Å². The molecule has 0 unspecified atom stereocenters. The molecule has 0 aliphatic heterocycles. The van der Waals surface area contributed by atoms with E-state index in [1.165, 1.54) is 26.0 Å². The van der Waals surface area contributed by atoms with Crippen LogP contribution in [0.25, 0.3) is 0 Å². The Balaban J connectivity index is 3.11. The van der Waals surface area contributed by atoms with Gasteiger partial charge in [-0.25, -0.2) is 0 Å². The first-order chi connectivity index (χ1) is 7.40. The number of phenolic OH excluding ortho intramolecular Hbond substituents is 1. The van der Waals surface area contributed by atoms with Gasteiger partial charge in [-0.15, -0.1) is 0 Å². The zero-order valence-electron chi connectivity index (χ0n) is 9.00. The molecule has 0 fully saturated rings. The van der Waals surface area contributed by atoms with E-state index in [4.69, 9.17) is 5.73 Å². The third kappa shape index (κ3) is 2.88. The van der Waals surface area contributed by atoms with Crippen LogP contribution in [-0.2, 0) is 9.59 Å². The number of nitrogens with two attached hydrogens (primary N) is 1. The Bertz CT molecular complexity index is 443. The van der Waals surface area contributed by atoms with Gasteiger partial charge in [0.2, 0.25) is 11.8 Å². The van der Waals surface area contributed by atoms with Crippen molar-refractivity contribution in [2.24, 2.45) is 0 Å². The molecule has 0 saturated carbocycles. The highest BCUT2D eigenvalue weighted by Gasteiger charge is 2.09. The standard InChI is InChI=1S/C10H13N3O3/c1-5(14)12-7-3-8(11)10(16)9(4-7)13-6(2)15/h3-4,16H,11H2,1-2H3,(H,12,14)(H,13,15). The van der Waals surface area contributed by atoms with Crippen molar-refractivity contribution in [3.05, 3.63) is 12.1 Å². The summed E-state index contributed by atoms with van der Waals surface area (Å²) in [4.78, 5) is 21.7. The zero-order chi connectivity index (χ0) is 12.3. The predicted octanol–water partition coefficient (Wildman–Crippen LogP) is 0.891. The average Bonchev–Trinajstić information content (AvgIpc) is 2.11. The molecule has 0 spiro atoms. The van der Waals surface area contributed by atoms with Crippen molar-refractivity contribution in [1.29, 1.82) is 0 Å². The predicted molar refractivity (Wildman–Crippen MR) is 61.1 cm³/mol. The highest BCUT2D eigenvalue weighted by molar-refractivity contribution is 5.95. The molecular formula is C10H13N3O3. The van der Waals surface area contributed by atoms with Crippen molar-refractivity contribution in [3.63, 3.8) is 0 Å². The van der Waals surface area contributed by atoms with Crippen LogP contribution in [0.2, 0.25) is 0 Å². The lowest BCUT2D eigenvalue weighted by atomic mass is 10.2. The van der Waals surface area contributed by atoms with Gasteiger partial charge in [-0.2, -0.15) is 0 Å². The number of benzene rings is 1. The van der Waals surface area contributed by atoms with E-state index >= 15 is 0 Å². The number of hydrogen-bond donors (Lipinski definition) is 4. The number of rotatable bonds is 2. The van der Waals surface area contributed by atoms with E-state index < -0.39 is 0 Å². The molecule has 1 rings (SSSR count). The minimum Gasteiger partial charge on any atom is -0.504 e. The Kier molecular flexibility index (Phi) is 3.34. The van der Waals surface area contributed by atoms with Gasteiger partial charge in [0, 0.05) is 19.5 Å². The summed E-state index contributed by atoms with van der Waals surface area (Å²) < 4.78 is 0. The van der Waals surface area contributed by atoms with Gasteiger partial charge < -0.3 is 21.5 Å².